The van der Waals surface area contributed by atoms with Gasteiger partial charge < -0.3 is 5.32 Å². The highest BCUT2D eigenvalue weighted by atomic mass is 32.2. The molecule has 0 radical (unpaired) electrons. The van der Waals surface area contributed by atoms with Crippen LogP contribution in [-0.2, 0) is 10.0 Å². The van der Waals surface area contributed by atoms with E-state index in [9.17, 15) is 8.42 Å². The molecule has 1 aliphatic carbocycles. The molecule has 5 heteroatoms. The quantitative estimate of drug-likeness (QED) is 0.751. The zero-order chi connectivity index (χ0) is 11.8. The maximum Gasteiger partial charge on any atom is 0.213 e. The van der Waals surface area contributed by atoms with Crippen molar-refractivity contribution in [3.63, 3.8) is 0 Å². The predicted octanol–water partition coefficient (Wildman–Crippen LogP) is 0.704. The monoisotopic (exact) mass is 246 g/mol. The summed E-state index contributed by atoms with van der Waals surface area (Å²) in [6, 6.07) is 0.157. The molecular formula is C11H22N2O2S. The first-order chi connectivity index (χ1) is 7.39. The number of hydrogen-bond acceptors (Lipinski definition) is 3. The Balaban J connectivity index is 1.75. The Bertz CT molecular complexity index is 345. The molecule has 1 saturated heterocycles. The summed E-state index contributed by atoms with van der Waals surface area (Å²) in [6.07, 6.45) is 3.21. The average Bonchev–Trinajstić information content (AvgIpc) is 2.61. The Kier molecular flexibility index (Phi) is 3.29. The fourth-order valence-corrected chi connectivity index (χ4v) is 3.76. The van der Waals surface area contributed by atoms with Crippen LogP contribution in [0.5, 0.6) is 0 Å². The van der Waals surface area contributed by atoms with Gasteiger partial charge in [0.1, 0.15) is 0 Å². The fraction of sp³-hybridized carbons (Fsp3) is 1.00. The van der Waals surface area contributed by atoms with Crippen molar-refractivity contribution >= 4 is 10.0 Å². The molecule has 1 saturated carbocycles. The maximum atomic E-state index is 11.8. The third-order valence-corrected chi connectivity index (χ3v) is 5.30. The molecule has 0 aromatic carbocycles. The molecule has 2 unspecified atom stereocenters. The van der Waals surface area contributed by atoms with Crippen LogP contribution in [0.4, 0.5) is 0 Å². The van der Waals surface area contributed by atoms with Crippen molar-refractivity contribution in [3.8, 4) is 0 Å². The van der Waals surface area contributed by atoms with Gasteiger partial charge in [0.2, 0.25) is 10.0 Å². The average molecular weight is 246 g/mol. The van der Waals surface area contributed by atoms with E-state index in [4.69, 9.17) is 0 Å². The number of rotatable bonds is 5. The van der Waals surface area contributed by atoms with Gasteiger partial charge in [0.05, 0.1) is 5.75 Å². The van der Waals surface area contributed by atoms with Gasteiger partial charge in [0.25, 0.3) is 0 Å². The van der Waals surface area contributed by atoms with E-state index in [-0.39, 0.29) is 11.8 Å². The molecule has 2 fully saturated rings. The summed E-state index contributed by atoms with van der Waals surface area (Å²) in [4.78, 5) is 0. The number of nitrogens with one attached hydrogen (secondary N) is 2. The van der Waals surface area contributed by atoms with Crippen molar-refractivity contribution in [2.24, 2.45) is 11.3 Å². The summed E-state index contributed by atoms with van der Waals surface area (Å²) in [5, 5.41) is 3.21. The lowest BCUT2D eigenvalue weighted by atomic mass is 10.1. The topological polar surface area (TPSA) is 58.2 Å². The Morgan fingerprint density at radius 3 is 2.62 bits per heavy atom. The Morgan fingerprint density at radius 1 is 1.44 bits per heavy atom. The van der Waals surface area contributed by atoms with E-state index in [0.717, 1.165) is 25.8 Å². The normalized spacial score (nSPS) is 32.9. The van der Waals surface area contributed by atoms with E-state index in [1.165, 1.54) is 0 Å². The second-order valence-corrected chi connectivity index (χ2v) is 7.66. The van der Waals surface area contributed by atoms with E-state index in [2.05, 4.69) is 23.9 Å². The first kappa shape index (κ1) is 12.3. The van der Waals surface area contributed by atoms with Crippen molar-refractivity contribution in [1.82, 2.24) is 10.0 Å². The van der Waals surface area contributed by atoms with Gasteiger partial charge in [-0.2, -0.15) is 0 Å². The van der Waals surface area contributed by atoms with E-state index in [1.807, 2.05) is 0 Å². The van der Waals surface area contributed by atoms with Crippen LogP contribution in [0.2, 0.25) is 0 Å². The zero-order valence-corrected chi connectivity index (χ0v) is 10.9. The lowest BCUT2D eigenvalue weighted by Crippen LogP contribution is -2.37. The molecule has 2 rings (SSSR count). The highest BCUT2D eigenvalue weighted by Crippen LogP contribution is 2.51. The van der Waals surface area contributed by atoms with E-state index in [1.54, 1.807) is 0 Å². The highest BCUT2D eigenvalue weighted by molar-refractivity contribution is 7.89. The standard InChI is InChI=1S/C11H22N2O2S/c1-11(2)6-9(11)7-13-16(14,15)8-10-4-3-5-12-10/h9-10,12-13H,3-8H2,1-2H3. The summed E-state index contributed by atoms with van der Waals surface area (Å²) < 4.78 is 26.3. The molecule has 16 heavy (non-hydrogen) atoms. The zero-order valence-electron chi connectivity index (χ0n) is 10.1. The van der Waals surface area contributed by atoms with Crippen molar-refractivity contribution in [3.05, 3.63) is 0 Å². The second-order valence-electron chi connectivity index (χ2n) is 5.81. The minimum Gasteiger partial charge on any atom is -0.313 e. The first-order valence-corrected chi connectivity index (χ1v) is 7.75. The van der Waals surface area contributed by atoms with Crippen molar-refractivity contribution in [2.45, 2.75) is 39.2 Å². The maximum absolute atomic E-state index is 11.8. The van der Waals surface area contributed by atoms with Crippen molar-refractivity contribution < 1.29 is 8.42 Å². The van der Waals surface area contributed by atoms with Crippen LogP contribution in [0, 0.1) is 11.3 Å². The van der Waals surface area contributed by atoms with E-state index >= 15 is 0 Å². The first-order valence-electron chi connectivity index (χ1n) is 6.10. The molecule has 0 aromatic heterocycles. The molecule has 0 spiro atoms. The van der Waals surface area contributed by atoms with Gasteiger partial charge in [-0.3, -0.25) is 0 Å². The molecular weight excluding hydrogens is 224 g/mol. The van der Waals surface area contributed by atoms with Crippen LogP contribution in [0.1, 0.15) is 33.1 Å². The lowest BCUT2D eigenvalue weighted by Gasteiger charge is -2.12. The molecule has 0 aromatic rings. The Hall–Kier alpha value is -0.130. The highest BCUT2D eigenvalue weighted by Gasteiger charge is 2.45. The molecule has 2 aliphatic rings. The predicted molar refractivity (Wildman–Crippen MR) is 64.7 cm³/mol. The van der Waals surface area contributed by atoms with Crippen LogP contribution in [0.3, 0.4) is 0 Å². The smallest absolute Gasteiger partial charge is 0.213 e. The number of hydrogen-bond donors (Lipinski definition) is 2. The minimum atomic E-state index is -3.08. The molecule has 2 N–H and O–H groups in total. The number of sulfonamides is 1. The van der Waals surface area contributed by atoms with E-state index in [0.29, 0.717) is 17.9 Å². The molecule has 0 amide bonds. The van der Waals surface area contributed by atoms with Gasteiger partial charge in [-0.05, 0) is 37.1 Å². The lowest BCUT2D eigenvalue weighted by molar-refractivity contribution is 0.531. The Labute approximate surface area is 98.2 Å². The van der Waals surface area contributed by atoms with Gasteiger partial charge in [0.15, 0.2) is 0 Å². The third-order valence-electron chi connectivity index (χ3n) is 3.85. The summed E-state index contributed by atoms with van der Waals surface area (Å²) in [7, 11) is -3.08. The summed E-state index contributed by atoms with van der Waals surface area (Å²) >= 11 is 0. The second kappa shape index (κ2) is 4.27. The van der Waals surface area contributed by atoms with Gasteiger partial charge in [0, 0.05) is 12.6 Å². The van der Waals surface area contributed by atoms with E-state index < -0.39 is 10.0 Å². The van der Waals surface area contributed by atoms with Crippen LogP contribution in [-0.4, -0.2) is 33.3 Å². The molecule has 1 heterocycles. The van der Waals surface area contributed by atoms with Crippen LogP contribution < -0.4 is 10.0 Å². The summed E-state index contributed by atoms with van der Waals surface area (Å²) in [6.45, 7) is 5.94. The van der Waals surface area contributed by atoms with Gasteiger partial charge in [-0.15, -0.1) is 0 Å². The third kappa shape index (κ3) is 3.18. The molecule has 94 valence electrons. The van der Waals surface area contributed by atoms with Gasteiger partial charge >= 0.3 is 0 Å². The SMILES string of the molecule is CC1(C)CC1CNS(=O)(=O)CC1CCCN1. The van der Waals surface area contributed by atoms with Crippen LogP contribution >= 0.6 is 0 Å². The summed E-state index contributed by atoms with van der Waals surface area (Å²) in [5.41, 5.74) is 0.341. The van der Waals surface area contributed by atoms with Gasteiger partial charge in [-0.25, -0.2) is 13.1 Å². The fourth-order valence-electron chi connectivity index (χ4n) is 2.37. The van der Waals surface area contributed by atoms with Crippen molar-refractivity contribution in [1.29, 1.82) is 0 Å². The molecule has 4 nitrogen and oxygen atoms in total. The largest absolute Gasteiger partial charge is 0.313 e. The minimum absolute atomic E-state index is 0.157. The Morgan fingerprint density at radius 2 is 2.12 bits per heavy atom. The molecule has 1 aliphatic heterocycles. The van der Waals surface area contributed by atoms with Crippen molar-refractivity contribution in [2.75, 3.05) is 18.8 Å². The summed E-state index contributed by atoms with van der Waals surface area (Å²) in [5.74, 6) is 0.763. The molecule has 2 atom stereocenters. The molecule has 0 bridgehead atoms. The van der Waals surface area contributed by atoms with Gasteiger partial charge in [-0.1, -0.05) is 13.8 Å². The van der Waals surface area contributed by atoms with Crippen LogP contribution in [0.25, 0.3) is 0 Å². The van der Waals surface area contributed by atoms with Crippen LogP contribution in [0.15, 0.2) is 0 Å².